The fourth-order valence-corrected chi connectivity index (χ4v) is 2.41. The van der Waals surface area contributed by atoms with Crippen molar-refractivity contribution in [2.24, 2.45) is 0 Å². The molecule has 1 fully saturated rings. The predicted octanol–water partition coefficient (Wildman–Crippen LogP) is 2.67. The van der Waals surface area contributed by atoms with Gasteiger partial charge in [-0.2, -0.15) is 0 Å². The molecule has 1 aliphatic heterocycles. The molecule has 20 heavy (non-hydrogen) atoms. The van der Waals surface area contributed by atoms with Gasteiger partial charge in [0.2, 0.25) is 0 Å². The Balaban J connectivity index is 1.89. The third-order valence-electron chi connectivity index (χ3n) is 3.48. The van der Waals surface area contributed by atoms with Gasteiger partial charge in [-0.1, -0.05) is 6.42 Å². The number of hydrogen-bond donors (Lipinski definition) is 1. The summed E-state index contributed by atoms with van der Waals surface area (Å²) in [6.07, 6.45) is 3.83. The van der Waals surface area contributed by atoms with Gasteiger partial charge in [-0.15, -0.1) is 0 Å². The Morgan fingerprint density at radius 1 is 1.15 bits per heavy atom. The summed E-state index contributed by atoms with van der Waals surface area (Å²) in [6, 6.07) is 2.78. The third-order valence-corrected chi connectivity index (χ3v) is 3.48. The molecule has 5 heteroatoms. The minimum atomic E-state index is -0.451. The van der Waals surface area contributed by atoms with Crippen LogP contribution >= 0.6 is 0 Å². The molecule has 0 unspecified atom stereocenters. The normalized spacial score (nSPS) is 16.1. The summed E-state index contributed by atoms with van der Waals surface area (Å²) in [5.41, 5.74) is 6.08. The van der Waals surface area contributed by atoms with Gasteiger partial charge in [0.15, 0.2) is 11.6 Å². The summed E-state index contributed by atoms with van der Waals surface area (Å²) in [4.78, 5) is 2.38. The highest BCUT2D eigenvalue weighted by Crippen LogP contribution is 2.30. The molecule has 4 nitrogen and oxygen atoms in total. The molecule has 2 rings (SSSR count). The highest BCUT2D eigenvalue weighted by molar-refractivity contribution is 5.56. The number of nitrogens with two attached hydrogens (primary N) is 1. The lowest BCUT2D eigenvalue weighted by Crippen LogP contribution is -2.33. The lowest BCUT2D eigenvalue weighted by Gasteiger charge is -2.26. The summed E-state index contributed by atoms with van der Waals surface area (Å²) >= 11 is 0. The van der Waals surface area contributed by atoms with E-state index in [2.05, 4.69) is 4.90 Å². The number of nitrogen functional groups attached to an aromatic ring is 1. The van der Waals surface area contributed by atoms with E-state index in [4.69, 9.17) is 15.2 Å². The van der Waals surface area contributed by atoms with Crippen molar-refractivity contribution in [3.05, 3.63) is 17.9 Å². The smallest absolute Gasteiger partial charge is 0.167 e. The van der Waals surface area contributed by atoms with Gasteiger partial charge in [-0.25, -0.2) is 4.39 Å². The first-order valence-corrected chi connectivity index (χ1v) is 7.27. The van der Waals surface area contributed by atoms with Gasteiger partial charge in [-0.05, 0) is 32.9 Å². The van der Waals surface area contributed by atoms with Crippen LogP contribution < -0.4 is 15.2 Å². The highest BCUT2D eigenvalue weighted by atomic mass is 19.1. The van der Waals surface area contributed by atoms with Crippen LogP contribution in [0.25, 0.3) is 0 Å². The summed E-state index contributed by atoms with van der Waals surface area (Å²) < 4.78 is 24.4. The number of likely N-dealkylation sites (tertiary alicyclic amines) is 1. The van der Waals surface area contributed by atoms with Gasteiger partial charge in [0.1, 0.15) is 12.4 Å². The predicted molar refractivity (Wildman–Crippen MR) is 77.8 cm³/mol. The molecular weight excluding hydrogens is 259 g/mol. The standard InChI is InChI=1S/C15H23FN2O2/c1-2-19-14-11-15(13(17)10-12(14)16)20-9-8-18-6-4-3-5-7-18/h10-11H,2-9,17H2,1H3. The molecule has 1 aromatic carbocycles. The fraction of sp³-hybridized carbons (Fsp3) is 0.600. The van der Waals surface area contributed by atoms with Crippen LogP contribution in [0.5, 0.6) is 11.5 Å². The Morgan fingerprint density at radius 3 is 2.60 bits per heavy atom. The van der Waals surface area contributed by atoms with E-state index in [1.807, 2.05) is 6.92 Å². The zero-order valence-corrected chi connectivity index (χ0v) is 12.0. The molecule has 1 aliphatic rings. The fourth-order valence-electron chi connectivity index (χ4n) is 2.41. The first-order chi connectivity index (χ1) is 9.70. The second kappa shape index (κ2) is 7.33. The average molecular weight is 282 g/mol. The summed E-state index contributed by atoms with van der Waals surface area (Å²) in [5.74, 6) is 0.231. The van der Waals surface area contributed by atoms with Crippen LogP contribution in [0.1, 0.15) is 26.2 Å². The van der Waals surface area contributed by atoms with E-state index < -0.39 is 5.82 Å². The number of hydrogen-bond acceptors (Lipinski definition) is 4. The van der Waals surface area contributed by atoms with Crippen LogP contribution in [-0.2, 0) is 0 Å². The molecule has 1 heterocycles. The summed E-state index contributed by atoms with van der Waals surface area (Å²) in [6.45, 7) is 5.92. The molecule has 1 aromatic rings. The topological polar surface area (TPSA) is 47.7 Å². The lowest BCUT2D eigenvalue weighted by molar-refractivity contribution is 0.183. The minimum absolute atomic E-state index is 0.190. The Hall–Kier alpha value is -1.49. The van der Waals surface area contributed by atoms with E-state index >= 15 is 0 Å². The highest BCUT2D eigenvalue weighted by Gasteiger charge is 2.12. The van der Waals surface area contributed by atoms with Crippen molar-refractivity contribution in [2.45, 2.75) is 26.2 Å². The largest absolute Gasteiger partial charge is 0.491 e. The van der Waals surface area contributed by atoms with E-state index in [-0.39, 0.29) is 5.75 Å². The van der Waals surface area contributed by atoms with Crippen LogP contribution in [-0.4, -0.2) is 37.7 Å². The molecule has 0 saturated carbocycles. The van der Waals surface area contributed by atoms with Crippen molar-refractivity contribution >= 4 is 5.69 Å². The lowest BCUT2D eigenvalue weighted by atomic mass is 10.1. The number of anilines is 1. The second-order valence-electron chi connectivity index (χ2n) is 5.00. The SMILES string of the molecule is CCOc1cc(OCCN2CCCCC2)c(N)cc1F. The van der Waals surface area contributed by atoms with Gasteiger partial charge < -0.3 is 15.2 Å². The average Bonchev–Trinajstić information content (AvgIpc) is 2.45. The van der Waals surface area contributed by atoms with Crippen LogP contribution in [0.4, 0.5) is 10.1 Å². The van der Waals surface area contributed by atoms with Crippen LogP contribution in [0, 0.1) is 5.82 Å². The summed E-state index contributed by atoms with van der Waals surface area (Å²) in [5, 5.41) is 0. The molecule has 0 spiro atoms. The monoisotopic (exact) mass is 282 g/mol. The third kappa shape index (κ3) is 4.00. The molecule has 2 N–H and O–H groups in total. The molecule has 1 saturated heterocycles. The van der Waals surface area contributed by atoms with E-state index in [1.54, 1.807) is 0 Å². The molecule has 0 aliphatic carbocycles. The number of piperidine rings is 1. The van der Waals surface area contributed by atoms with Gasteiger partial charge in [0.05, 0.1) is 12.3 Å². The first kappa shape index (κ1) is 14.9. The molecule has 112 valence electrons. The van der Waals surface area contributed by atoms with Crippen molar-refractivity contribution in [1.29, 1.82) is 0 Å². The number of halogens is 1. The van der Waals surface area contributed by atoms with Crippen LogP contribution in [0.2, 0.25) is 0 Å². The van der Waals surface area contributed by atoms with E-state index in [9.17, 15) is 4.39 Å². The van der Waals surface area contributed by atoms with E-state index in [0.717, 1.165) is 19.6 Å². The zero-order chi connectivity index (χ0) is 14.4. The maximum Gasteiger partial charge on any atom is 0.167 e. The second-order valence-corrected chi connectivity index (χ2v) is 5.00. The minimum Gasteiger partial charge on any atom is -0.491 e. The van der Waals surface area contributed by atoms with E-state index in [0.29, 0.717) is 24.7 Å². The van der Waals surface area contributed by atoms with Crippen molar-refractivity contribution < 1.29 is 13.9 Å². The summed E-state index contributed by atoms with van der Waals surface area (Å²) in [7, 11) is 0. The number of ether oxygens (including phenoxy) is 2. The van der Waals surface area contributed by atoms with Gasteiger partial charge in [-0.3, -0.25) is 4.90 Å². The zero-order valence-electron chi connectivity index (χ0n) is 12.0. The molecule has 0 atom stereocenters. The van der Waals surface area contributed by atoms with Crippen molar-refractivity contribution in [3.8, 4) is 11.5 Å². The van der Waals surface area contributed by atoms with Gasteiger partial charge in [0.25, 0.3) is 0 Å². The maximum atomic E-state index is 13.6. The molecule has 0 amide bonds. The molecule has 0 radical (unpaired) electrons. The van der Waals surface area contributed by atoms with Crippen molar-refractivity contribution in [2.75, 3.05) is 38.6 Å². The van der Waals surface area contributed by atoms with Crippen LogP contribution in [0.3, 0.4) is 0 Å². The van der Waals surface area contributed by atoms with E-state index in [1.165, 1.54) is 31.4 Å². The Labute approximate surface area is 119 Å². The number of benzene rings is 1. The number of nitrogens with zero attached hydrogens (tertiary/aromatic N) is 1. The van der Waals surface area contributed by atoms with Crippen molar-refractivity contribution in [1.82, 2.24) is 4.90 Å². The van der Waals surface area contributed by atoms with Gasteiger partial charge in [0, 0.05) is 18.7 Å². The van der Waals surface area contributed by atoms with Crippen molar-refractivity contribution in [3.63, 3.8) is 0 Å². The Bertz CT molecular complexity index is 434. The first-order valence-electron chi connectivity index (χ1n) is 7.27. The Kier molecular flexibility index (Phi) is 5.47. The maximum absolute atomic E-state index is 13.6. The molecule has 0 bridgehead atoms. The van der Waals surface area contributed by atoms with Crippen LogP contribution in [0.15, 0.2) is 12.1 Å². The molecule has 0 aromatic heterocycles. The van der Waals surface area contributed by atoms with Gasteiger partial charge >= 0.3 is 0 Å². The Morgan fingerprint density at radius 2 is 1.90 bits per heavy atom. The molecular formula is C15H23FN2O2. The quantitative estimate of drug-likeness (QED) is 0.815. The number of rotatable bonds is 6.